The molecule has 1 aromatic heterocycles. The molecule has 5 nitrogen and oxygen atoms in total. The van der Waals surface area contributed by atoms with Crippen LogP contribution >= 0.6 is 11.3 Å². The van der Waals surface area contributed by atoms with Crippen LogP contribution in [0, 0.1) is 11.3 Å². The number of nitrogens with zero attached hydrogens (tertiary/aromatic N) is 2. The van der Waals surface area contributed by atoms with Crippen LogP contribution in [0.3, 0.4) is 0 Å². The maximum atomic E-state index is 12.7. The van der Waals surface area contributed by atoms with Crippen molar-refractivity contribution in [2.45, 2.75) is 35.6 Å². The summed E-state index contributed by atoms with van der Waals surface area (Å²) in [6.45, 7) is 4.47. The molecule has 2 rings (SSSR count). The summed E-state index contributed by atoms with van der Waals surface area (Å²) in [6, 6.07) is 4.95. The fourth-order valence-electron chi connectivity index (χ4n) is 2.52. The third kappa shape index (κ3) is 2.93. The van der Waals surface area contributed by atoms with Gasteiger partial charge in [0.2, 0.25) is 0 Å². The minimum Gasteiger partial charge on any atom is -0.259 e. The highest BCUT2D eigenvalue weighted by Crippen LogP contribution is 2.33. The molecule has 1 aromatic rings. The van der Waals surface area contributed by atoms with Crippen molar-refractivity contribution < 1.29 is 12.6 Å². The summed E-state index contributed by atoms with van der Waals surface area (Å²) in [5.74, 6) is 0.372. The molecule has 0 bridgehead atoms. The third-order valence-electron chi connectivity index (χ3n) is 4.05. The number of sulfonamides is 1. The van der Waals surface area contributed by atoms with Gasteiger partial charge in [0.05, 0.1) is 4.75 Å². The molecule has 1 fully saturated rings. The van der Waals surface area contributed by atoms with E-state index in [9.17, 15) is 12.6 Å². The smallest absolute Gasteiger partial charge is 0.252 e. The van der Waals surface area contributed by atoms with Crippen LogP contribution < -0.4 is 0 Å². The summed E-state index contributed by atoms with van der Waals surface area (Å²) in [4.78, 5) is 0.381. The topological polar surface area (TPSA) is 78.2 Å². The Labute approximate surface area is 132 Å². The molecule has 1 aliphatic rings. The fourth-order valence-corrected chi connectivity index (χ4v) is 7.27. The van der Waals surface area contributed by atoms with E-state index in [1.165, 1.54) is 16.4 Å². The van der Waals surface area contributed by atoms with Gasteiger partial charge >= 0.3 is 0 Å². The second-order valence-electron chi connectivity index (χ2n) is 5.01. The summed E-state index contributed by atoms with van der Waals surface area (Å²) in [5, 5.41) is 8.83. The lowest BCUT2D eigenvalue weighted by molar-refractivity contribution is 0.343. The predicted molar refractivity (Wildman–Crippen MR) is 84.1 cm³/mol. The van der Waals surface area contributed by atoms with Crippen molar-refractivity contribution in [2.24, 2.45) is 0 Å². The summed E-state index contributed by atoms with van der Waals surface area (Å²) >= 11 is 0.983. The van der Waals surface area contributed by atoms with E-state index in [1.54, 1.807) is 0 Å². The van der Waals surface area contributed by atoms with Crippen molar-refractivity contribution in [1.82, 2.24) is 4.31 Å². The van der Waals surface area contributed by atoms with Crippen LogP contribution in [0.1, 0.15) is 31.6 Å². The van der Waals surface area contributed by atoms with Crippen LogP contribution in [0.25, 0.3) is 0 Å². The normalized spacial score (nSPS) is 22.8. The Kier molecular flexibility index (Phi) is 4.88. The molecule has 1 aliphatic heterocycles. The zero-order chi connectivity index (χ0) is 15.7. The summed E-state index contributed by atoms with van der Waals surface area (Å²) in [5.41, 5.74) is 0. The van der Waals surface area contributed by atoms with Gasteiger partial charge in [-0.2, -0.15) is 9.57 Å². The highest BCUT2D eigenvalue weighted by atomic mass is 32.2. The molecule has 0 N–H and O–H groups in total. The summed E-state index contributed by atoms with van der Waals surface area (Å²) in [7, 11) is -4.60. The number of thiophene rings is 1. The summed E-state index contributed by atoms with van der Waals surface area (Å²) in [6.07, 6.45) is 1.38. The lowest BCUT2D eigenvalue weighted by Gasteiger charge is -2.40. The second-order valence-corrected chi connectivity index (χ2v) is 10.2. The number of rotatable bonds is 4. The van der Waals surface area contributed by atoms with Crippen LogP contribution in [0.4, 0.5) is 0 Å². The highest BCUT2D eigenvalue weighted by Gasteiger charge is 2.43. The Bertz CT molecular complexity index is 684. The van der Waals surface area contributed by atoms with Crippen molar-refractivity contribution in [3.63, 3.8) is 0 Å². The first kappa shape index (κ1) is 16.6. The lowest BCUT2D eigenvalue weighted by atomic mass is 10.0. The number of nitriles is 1. The average Bonchev–Trinajstić information content (AvgIpc) is 2.97. The van der Waals surface area contributed by atoms with Gasteiger partial charge in [0.15, 0.2) is 0 Å². The Morgan fingerprint density at radius 1 is 1.43 bits per heavy atom. The van der Waals surface area contributed by atoms with Crippen molar-refractivity contribution in [2.75, 3.05) is 18.8 Å². The maximum Gasteiger partial charge on any atom is 0.252 e. The van der Waals surface area contributed by atoms with E-state index < -0.39 is 25.6 Å². The minimum absolute atomic E-state index is 0.188. The molecule has 1 saturated heterocycles. The number of hydrogen-bond donors (Lipinski definition) is 0. The minimum atomic E-state index is -3.60. The Balaban J connectivity index is 2.33. The van der Waals surface area contributed by atoms with Gasteiger partial charge in [0, 0.05) is 29.6 Å². The van der Waals surface area contributed by atoms with E-state index in [4.69, 9.17) is 5.26 Å². The van der Waals surface area contributed by atoms with Crippen molar-refractivity contribution in [3.05, 3.63) is 17.0 Å². The van der Waals surface area contributed by atoms with E-state index in [0.717, 1.165) is 11.3 Å². The first-order chi connectivity index (χ1) is 9.89. The quantitative estimate of drug-likeness (QED) is 0.834. The van der Waals surface area contributed by atoms with E-state index in [2.05, 4.69) is 0 Å². The zero-order valence-electron chi connectivity index (χ0n) is 12.0. The molecule has 116 valence electrons. The molecule has 21 heavy (non-hydrogen) atoms. The van der Waals surface area contributed by atoms with Crippen molar-refractivity contribution in [1.29, 1.82) is 5.26 Å². The Morgan fingerprint density at radius 2 is 2.10 bits per heavy atom. The molecule has 0 amide bonds. The van der Waals surface area contributed by atoms with Crippen LogP contribution in [0.2, 0.25) is 0 Å². The highest BCUT2D eigenvalue weighted by molar-refractivity contribution is 7.91. The average molecular weight is 346 g/mol. The molecule has 0 radical (unpaired) electrons. The molecular formula is C13H18N2O3S3. The molecule has 0 aromatic carbocycles. The lowest BCUT2D eigenvalue weighted by Crippen LogP contribution is -2.54. The van der Waals surface area contributed by atoms with E-state index in [0.29, 0.717) is 23.5 Å². The summed E-state index contributed by atoms with van der Waals surface area (Å²) < 4.78 is 38.8. The third-order valence-corrected chi connectivity index (χ3v) is 9.58. The van der Waals surface area contributed by atoms with Gasteiger partial charge in [-0.05, 0) is 25.0 Å². The van der Waals surface area contributed by atoms with Gasteiger partial charge < -0.3 is 0 Å². The van der Waals surface area contributed by atoms with Crippen LogP contribution in [-0.4, -0.2) is 40.5 Å². The molecule has 0 aliphatic carbocycles. The first-order valence-corrected chi connectivity index (χ1v) is 10.4. The van der Waals surface area contributed by atoms with Gasteiger partial charge in [-0.15, -0.1) is 11.3 Å². The van der Waals surface area contributed by atoms with Crippen LogP contribution in [0.5, 0.6) is 0 Å². The van der Waals surface area contributed by atoms with Gasteiger partial charge in [0.1, 0.15) is 15.2 Å². The van der Waals surface area contributed by atoms with E-state index in [1.807, 2.05) is 19.9 Å². The van der Waals surface area contributed by atoms with E-state index in [-0.39, 0.29) is 17.3 Å². The van der Waals surface area contributed by atoms with Gasteiger partial charge in [0.25, 0.3) is 10.0 Å². The van der Waals surface area contributed by atoms with Gasteiger partial charge in [-0.3, -0.25) is 4.21 Å². The van der Waals surface area contributed by atoms with Gasteiger partial charge in [-0.25, -0.2) is 8.42 Å². The number of hydrogen-bond acceptors (Lipinski definition) is 5. The predicted octanol–water partition coefficient (Wildman–Crippen LogP) is 1.93. The standard InChI is InChI=1S/C13H18N2O3S3/c1-3-13(4-2)10-15(7-8-20(13)16)21(17,18)12-6-5-11(9-14)19-12/h5-6H,3-4,7-8,10H2,1-2H3. The van der Waals surface area contributed by atoms with E-state index >= 15 is 0 Å². The molecule has 1 atom stereocenters. The van der Waals surface area contributed by atoms with Gasteiger partial charge in [-0.1, -0.05) is 13.8 Å². The van der Waals surface area contributed by atoms with Crippen LogP contribution in [0.15, 0.2) is 16.3 Å². The molecule has 0 spiro atoms. The Morgan fingerprint density at radius 3 is 2.62 bits per heavy atom. The van der Waals surface area contributed by atoms with Crippen molar-refractivity contribution in [3.8, 4) is 6.07 Å². The maximum absolute atomic E-state index is 12.7. The molecule has 2 heterocycles. The molecule has 8 heteroatoms. The first-order valence-electron chi connectivity index (χ1n) is 6.78. The zero-order valence-corrected chi connectivity index (χ0v) is 14.5. The fraction of sp³-hybridized carbons (Fsp3) is 0.615. The second kappa shape index (κ2) is 6.16. The monoisotopic (exact) mass is 346 g/mol. The Hall–Kier alpha value is -0.750. The molecule has 0 saturated carbocycles. The molecule has 1 unspecified atom stereocenters. The largest absolute Gasteiger partial charge is 0.259 e. The SMILES string of the molecule is CCC1(CC)CN(S(=O)(=O)c2ccc(C#N)s2)CCS1=O. The van der Waals surface area contributed by atoms with Crippen molar-refractivity contribution >= 4 is 32.2 Å². The van der Waals surface area contributed by atoms with Crippen LogP contribution in [-0.2, 0) is 20.8 Å². The molecular weight excluding hydrogens is 328 g/mol.